The van der Waals surface area contributed by atoms with Crippen LogP contribution in [0.25, 0.3) is 11.3 Å². The van der Waals surface area contributed by atoms with Gasteiger partial charge in [-0.2, -0.15) is 0 Å². The van der Waals surface area contributed by atoms with Crippen molar-refractivity contribution in [2.75, 3.05) is 13.1 Å². The van der Waals surface area contributed by atoms with Gasteiger partial charge in [0.1, 0.15) is 11.4 Å². The monoisotopic (exact) mass is 328 g/mol. The zero-order chi connectivity index (χ0) is 17.3. The van der Waals surface area contributed by atoms with Crippen LogP contribution in [-0.2, 0) is 4.74 Å². The Morgan fingerprint density at radius 2 is 1.83 bits per heavy atom. The van der Waals surface area contributed by atoms with Crippen LogP contribution in [0.15, 0.2) is 42.6 Å². The van der Waals surface area contributed by atoms with Gasteiger partial charge in [-0.25, -0.2) is 9.18 Å². The molecule has 2 aromatic rings. The van der Waals surface area contributed by atoms with Gasteiger partial charge in [0.05, 0.1) is 5.69 Å². The van der Waals surface area contributed by atoms with Gasteiger partial charge in [0.2, 0.25) is 0 Å². The summed E-state index contributed by atoms with van der Waals surface area (Å²) in [6, 6.07) is 10.2. The van der Waals surface area contributed by atoms with E-state index in [4.69, 9.17) is 4.74 Å². The van der Waals surface area contributed by atoms with Crippen LogP contribution < -0.4 is 0 Å². The van der Waals surface area contributed by atoms with E-state index >= 15 is 0 Å². The second-order valence-corrected chi connectivity index (χ2v) is 7.07. The maximum absolute atomic E-state index is 13.0. The van der Waals surface area contributed by atoms with E-state index in [1.807, 2.05) is 39.1 Å². The number of carbonyl (C=O) groups is 1. The maximum Gasteiger partial charge on any atom is 0.410 e. The summed E-state index contributed by atoms with van der Waals surface area (Å²) in [6.45, 7) is 6.87. The van der Waals surface area contributed by atoms with Crippen LogP contribution in [0.3, 0.4) is 0 Å². The van der Waals surface area contributed by atoms with Crippen LogP contribution in [0.2, 0.25) is 0 Å². The van der Waals surface area contributed by atoms with Crippen molar-refractivity contribution in [2.45, 2.75) is 32.3 Å². The smallest absolute Gasteiger partial charge is 0.410 e. The Kier molecular flexibility index (Phi) is 4.26. The first-order chi connectivity index (χ1) is 11.3. The minimum atomic E-state index is -0.472. The minimum Gasteiger partial charge on any atom is -0.444 e. The highest BCUT2D eigenvalue weighted by atomic mass is 19.1. The summed E-state index contributed by atoms with van der Waals surface area (Å²) in [4.78, 5) is 18.1. The number of rotatable bonds is 2. The van der Waals surface area contributed by atoms with Gasteiger partial charge < -0.3 is 9.64 Å². The summed E-state index contributed by atoms with van der Waals surface area (Å²) in [5.41, 5.74) is 2.32. The van der Waals surface area contributed by atoms with Gasteiger partial charge in [-0.05, 0) is 56.7 Å². The molecule has 3 rings (SSSR count). The Labute approximate surface area is 141 Å². The standard InChI is InChI=1S/C19H21FN2O2/c1-19(2,3)24-18(23)22-11-15(12-22)14-6-9-17(21-10-14)13-4-7-16(20)8-5-13/h4-10,15H,11-12H2,1-3H3. The zero-order valence-corrected chi connectivity index (χ0v) is 14.1. The van der Waals surface area contributed by atoms with Crippen molar-refractivity contribution in [3.8, 4) is 11.3 Å². The summed E-state index contributed by atoms with van der Waals surface area (Å²) in [5, 5.41) is 0. The molecule has 24 heavy (non-hydrogen) atoms. The van der Waals surface area contributed by atoms with Crippen molar-refractivity contribution >= 4 is 6.09 Å². The molecule has 1 amide bonds. The molecule has 0 N–H and O–H groups in total. The third-order valence-electron chi connectivity index (χ3n) is 3.93. The zero-order valence-electron chi connectivity index (χ0n) is 14.1. The normalized spacial score (nSPS) is 15.1. The summed E-state index contributed by atoms with van der Waals surface area (Å²) in [6.07, 6.45) is 1.56. The second-order valence-electron chi connectivity index (χ2n) is 7.07. The molecule has 1 fully saturated rings. The highest BCUT2D eigenvalue weighted by Gasteiger charge is 2.34. The molecule has 0 aliphatic carbocycles. The summed E-state index contributed by atoms with van der Waals surface area (Å²) in [7, 11) is 0. The van der Waals surface area contributed by atoms with E-state index in [1.165, 1.54) is 12.1 Å². The van der Waals surface area contributed by atoms with Crippen molar-refractivity contribution in [1.29, 1.82) is 0 Å². The van der Waals surface area contributed by atoms with Gasteiger partial charge in [-0.15, -0.1) is 0 Å². The SMILES string of the molecule is CC(C)(C)OC(=O)N1CC(c2ccc(-c3ccc(F)cc3)nc2)C1. The summed E-state index contributed by atoms with van der Waals surface area (Å²) in [5.74, 6) is 0.0272. The molecule has 0 atom stereocenters. The van der Waals surface area contributed by atoms with Crippen molar-refractivity contribution in [1.82, 2.24) is 9.88 Å². The van der Waals surface area contributed by atoms with Gasteiger partial charge in [0.25, 0.3) is 0 Å². The molecule has 2 heterocycles. The molecule has 1 aromatic heterocycles. The highest BCUT2D eigenvalue weighted by Crippen LogP contribution is 2.29. The number of benzene rings is 1. The number of aromatic nitrogens is 1. The lowest BCUT2D eigenvalue weighted by Crippen LogP contribution is -2.50. The number of hydrogen-bond acceptors (Lipinski definition) is 3. The highest BCUT2D eigenvalue weighted by molar-refractivity contribution is 5.69. The fraction of sp³-hybridized carbons (Fsp3) is 0.368. The number of pyridine rings is 1. The van der Waals surface area contributed by atoms with Crippen molar-refractivity contribution in [2.24, 2.45) is 0 Å². The molecule has 5 heteroatoms. The molecule has 1 aliphatic rings. The summed E-state index contributed by atoms with van der Waals surface area (Å²) < 4.78 is 18.3. The molecular formula is C19H21FN2O2. The maximum atomic E-state index is 13.0. The van der Waals surface area contributed by atoms with Crippen molar-refractivity contribution in [3.05, 3.63) is 54.0 Å². The number of hydrogen-bond donors (Lipinski definition) is 0. The van der Waals surface area contributed by atoms with E-state index in [-0.39, 0.29) is 17.8 Å². The van der Waals surface area contributed by atoms with Crippen LogP contribution in [-0.4, -0.2) is 34.7 Å². The third-order valence-corrected chi connectivity index (χ3v) is 3.93. The van der Waals surface area contributed by atoms with Crippen LogP contribution in [0.1, 0.15) is 32.3 Å². The second kappa shape index (κ2) is 6.23. The number of likely N-dealkylation sites (tertiary alicyclic amines) is 1. The minimum absolute atomic E-state index is 0.257. The van der Waals surface area contributed by atoms with Crippen LogP contribution >= 0.6 is 0 Å². The first-order valence-corrected chi connectivity index (χ1v) is 8.02. The van der Waals surface area contributed by atoms with Gasteiger partial charge >= 0.3 is 6.09 Å². The largest absolute Gasteiger partial charge is 0.444 e. The number of halogens is 1. The van der Waals surface area contributed by atoms with Gasteiger partial charge in [0, 0.05) is 30.8 Å². The molecule has 1 aliphatic heterocycles. The predicted molar refractivity (Wildman–Crippen MR) is 90.2 cm³/mol. The average molecular weight is 328 g/mol. The van der Waals surface area contributed by atoms with Gasteiger partial charge in [-0.1, -0.05) is 6.07 Å². The molecule has 0 bridgehead atoms. The fourth-order valence-corrected chi connectivity index (χ4v) is 2.60. The first-order valence-electron chi connectivity index (χ1n) is 8.02. The van der Waals surface area contributed by atoms with E-state index in [0.717, 1.165) is 16.8 Å². The van der Waals surface area contributed by atoms with E-state index in [1.54, 1.807) is 17.0 Å². The molecule has 4 nitrogen and oxygen atoms in total. The quantitative estimate of drug-likeness (QED) is 0.829. The first kappa shape index (κ1) is 16.4. The Bertz CT molecular complexity index is 715. The van der Waals surface area contributed by atoms with Crippen LogP contribution in [0, 0.1) is 5.82 Å². The van der Waals surface area contributed by atoms with E-state index in [2.05, 4.69) is 4.98 Å². The van der Waals surface area contributed by atoms with E-state index in [0.29, 0.717) is 13.1 Å². The Morgan fingerprint density at radius 1 is 1.17 bits per heavy atom. The van der Waals surface area contributed by atoms with Crippen molar-refractivity contribution < 1.29 is 13.9 Å². The Morgan fingerprint density at radius 3 is 2.38 bits per heavy atom. The number of ether oxygens (including phenoxy) is 1. The average Bonchev–Trinajstić information content (AvgIpc) is 2.45. The van der Waals surface area contributed by atoms with Gasteiger partial charge in [-0.3, -0.25) is 4.98 Å². The third kappa shape index (κ3) is 3.72. The molecule has 0 radical (unpaired) electrons. The van der Waals surface area contributed by atoms with E-state index < -0.39 is 5.60 Å². The summed E-state index contributed by atoms with van der Waals surface area (Å²) >= 11 is 0. The fourth-order valence-electron chi connectivity index (χ4n) is 2.60. The lowest BCUT2D eigenvalue weighted by atomic mass is 9.93. The van der Waals surface area contributed by atoms with Crippen LogP contribution in [0.4, 0.5) is 9.18 Å². The lowest BCUT2D eigenvalue weighted by molar-refractivity contribution is 0.00817. The van der Waals surface area contributed by atoms with E-state index in [9.17, 15) is 9.18 Å². The molecule has 1 saturated heterocycles. The topological polar surface area (TPSA) is 42.4 Å². The number of amides is 1. The van der Waals surface area contributed by atoms with Crippen molar-refractivity contribution in [3.63, 3.8) is 0 Å². The molecule has 1 aromatic carbocycles. The van der Waals surface area contributed by atoms with Crippen LogP contribution in [0.5, 0.6) is 0 Å². The molecule has 126 valence electrons. The predicted octanol–water partition coefficient (Wildman–Crippen LogP) is 4.22. The molecule has 0 spiro atoms. The Balaban J connectivity index is 1.60. The molecule has 0 saturated carbocycles. The Hall–Kier alpha value is -2.43. The molecule has 0 unspecified atom stereocenters. The lowest BCUT2D eigenvalue weighted by Gasteiger charge is -2.39. The number of carbonyl (C=O) groups excluding carboxylic acids is 1. The molecular weight excluding hydrogens is 307 g/mol. The number of nitrogens with zero attached hydrogens (tertiary/aromatic N) is 2. The van der Waals surface area contributed by atoms with Gasteiger partial charge in [0.15, 0.2) is 0 Å².